The van der Waals surface area contributed by atoms with E-state index in [1.54, 1.807) is 6.07 Å². The van der Waals surface area contributed by atoms with Crippen LogP contribution in [0.1, 0.15) is 49.6 Å². The second-order valence-corrected chi connectivity index (χ2v) is 8.57. The van der Waals surface area contributed by atoms with Crippen molar-refractivity contribution < 1.29 is 0 Å². The maximum Gasteiger partial charge on any atom is 0.189 e. The molecule has 0 radical (unpaired) electrons. The zero-order valence-electron chi connectivity index (χ0n) is 16.9. The van der Waals surface area contributed by atoms with Gasteiger partial charge in [-0.05, 0) is 49.4 Å². The van der Waals surface area contributed by atoms with Crippen LogP contribution in [0.15, 0.2) is 35.1 Å². The monoisotopic (exact) mass is 350 g/mol. The average molecular weight is 351 g/mol. The Labute approximate surface area is 156 Å². The van der Waals surface area contributed by atoms with Gasteiger partial charge >= 0.3 is 0 Å². The van der Waals surface area contributed by atoms with Gasteiger partial charge in [-0.3, -0.25) is 4.79 Å². The Hall–Kier alpha value is -2.13. The molecule has 0 saturated carbocycles. The third kappa shape index (κ3) is 3.68. The van der Waals surface area contributed by atoms with Gasteiger partial charge in [-0.1, -0.05) is 45.0 Å². The highest BCUT2D eigenvalue weighted by atomic mass is 16.1. The molecule has 0 fully saturated rings. The number of rotatable bonds is 2. The fraction of sp³-hybridized carbons (Fsp3) is 0.435. The molecule has 1 N–H and O–H groups in total. The number of aromatic nitrogens is 1. The number of likely N-dealkylation sites (N-methyl/N-ethyl adjacent to an activating group) is 1. The van der Waals surface area contributed by atoms with Crippen LogP contribution in [0.2, 0.25) is 0 Å². The van der Waals surface area contributed by atoms with Crippen LogP contribution in [0.5, 0.6) is 0 Å². The van der Waals surface area contributed by atoms with Gasteiger partial charge in [-0.25, -0.2) is 0 Å². The van der Waals surface area contributed by atoms with E-state index in [0.29, 0.717) is 0 Å². The maximum absolute atomic E-state index is 12.9. The molecule has 1 aromatic carbocycles. The van der Waals surface area contributed by atoms with Crippen LogP contribution >= 0.6 is 0 Å². The molecule has 1 aliphatic rings. The van der Waals surface area contributed by atoms with Crippen molar-refractivity contribution in [3.8, 4) is 11.3 Å². The summed E-state index contributed by atoms with van der Waals surface area (Å²) >= 11 is 0. The van der Waals surface area contributed by atoms with Gasteiger partial charge in [0, 0.05) is 41.7 Å². The largest absolute Gasteiger partial charge is 0.358 e. The van der Waals surface area contributed by atoms with Gasteiger partial charge in [0.1, 0.15) is 0 Å². The molecular weight excluding hydrogens is 320 g/mol. The van der Waals surface area contributed by atoms with E-state index in [9.17, 15) is 4.79 Å². The summed E-state index contributed by atoms with van der Waals surface area (Å²) < 4.78 is 0. The molecule has 2 aromatic rings. The summed E-state index contributed by atoms with van der Waals surface area (Å²) in [5.41, 5.74) is 7.74. The second-order valence-electron chi connectivity index (χ2n) is 8.57. The van der Waals surface area contributed by atoms with Gasteiger partial charge in [-0.15, -0.1) is 0 Å². The molecule has 0 bridgehead atoms. The Morgan fingerprint density at radius 1 is 1.12 bits per heavy atom. The van der Waals surface area contributed by atoms with Crippen molar-refractivity contribution in [3.63, 3.8) is 0 Å². The minimum absolute atomic E-state index is 0.117. The summed E-state index contributed by atoms with van der Waals surface area (Å²) in [6, 6.07) is 8.30. The Bertz CT molecular complexity index is 913. The molecule has 0 aliphatic carbocycles. The van der Waals surface area contributed by atoms with Crippen LogP contribution < -0.4 is 5.43 Å². The predicted octanol–water partition coefficient (Wildman–Crippen LogP) is 4.68. The van der Waals surface area contributed by atoms with E-state index >= 15 is 0 Å². The summed E-state index contributed by atoms with van der Waals surface area (Å²) in [5.74, 6) is 0. The van der Waals surface area contributed by atoms with Crippen molar-refractivity contribution in [2.75, 3.05) is 20.1 Å². The van der Waals surface area contributed by atoms with Crippen LogP contribution in [0.3, 0.4) is 0 Å². The first-order chi connectivity index (χ1) is 12.2. The van der Waals surface area contributed by atoms with Crippen molar-refractivity contribution in [1.29, 1.82) is 0 Å². The van der Waals surface area contributed by atoms with E-state index in [0.717, 1.165) is 42.0 Å². The Kier molecular flexibility index (Phi) is 4.94. The van der Waals surface area contributed by atoms with Crippen LogP contribution in [-0.2, 0) is 5.41 Å². The first kappa shape index (κ1) is 18.7. The fourth-order valence-corrected chi connectivity index (χ4v) is 3.66. The summed E-state index contributed by atoms with van der Waals surface area (Å²) in [4.78, 5) is 18.6. The number of nitrogens with zero attached hydrogens (tertiary/aromatic N) is 1. The number of H-pyrrole nitrogens is 1. The zero-order chi connectivity index (χ0) is 19.1. The standard InChI is InChI=1S/C23H30N2O/c1-15-13-18(23(3,4)5)7-8-19(15)20-14-21(26)22(16(2)24-20)17-9-11-25(6)12-10-17/h7-9,13-14H,10-12H2,1-6H3,(H,24,26). The normalized spacial score (nSPS) is 15.8. The molecule has 3 nitrogen and oxygen atoms in total. The number of aromatic amines is 1. The lowest BCUT2D eigenvalue weighted by Gasteiger charge is -2.23. The summed E-state index contributed by atoms with van der Waals surface area (Å²) in [5, 5.41) is 0. The Morgan fingerprint density at radius 3 is 2.38 bits per heavy atom. The molecule has 138 valence electrons. The first-order valence-corrected chi connectivity index (χ1v) is 9.40. The summed E-state index contributed by atoms with van der Waals surface area (Å²) in [7, 11) is 2.11. The molecule has 3 rings (SSSR count). The van der Waals surface area contributed by atoms with E-state index in [2.05, 4.69) is 68.9 Å². The topological polar surface area (TPSA) is 36.1 Å². The molecule has 0 unspecified atom stereocenters. The summed E-state index contributed by atoms with van der Waals surface area (Å²) in [6.45, 7) is 12.7. The van der Waals surface area contributed by atoms with Crippen molar-refractivity contribution in [2.45, 2.75) is 46.5 Å². The third-order valence-electron chi connectivity index (χ3n) is 5.33. The molecule has 0 saturated heterocycles. The molecule has 1 aromatic heterocycles. The van der Waals surface area contributed by atoms with Gasteiger partial charge in [0.25, 0.3) is 0 Å². The Balaban J connectivity index is 2.02. The smallest absolute Gasteiger partial charge is 0.189 e. The fourth-order valence-electron chi connectivity index (χ4n) is 3.66. The van der Waals surface area contributed by atoms with E-state index in [1.165, 1.54) is 16.7 Å². The predicted molar refractivity (Wildman–Crippen MR) is 111 cm³/mol. The van der Waals surface area contributed by atoms with E-state index in [1.807, 2.05) is 6.92 Å². The molecule has 0 atom stereocenters. The molecule has 26 heavy (non-hydrogen) atoms. The van der Waals surface area contributed by atoms with Gasteiger partial charge in [0.2, 0.25) is 0 Å². The minimum atomic E-state index is 0.117. The minimum Gasteiger partial charge on any atom is -0.358 e. The van der Waals surface area contributed by atoms with Gasteiger partial charge < -0.3 is 9.88 Å². The van der Waals surface area contributed by atoms with E-state index < -0.39 is 0 Å². The highest BCUT2D eigenvalue weighted by molar-refractivity contribution is 5.71. The third-order valence-corrected chi connectivity index (χ3v) is 5.33. The molecule has 1 aliphatic heterocycles. The lowest BCUT2D eigenvalue weighted by molar-refractivity contribution is 0.370. The molecule has 0 amide bonds. The second kappa shape index (κ2) is 6.88. The SMILES string of the molecule is Cc1cc(C(C)(C)C)ccc1-c1cc(=O)c(C2=CCN(C)CC2)c(C)[nH]1. The Morgan fingerprint density at radius 2 is 1.85 bits per heavy atom. The highest BCUT2D eigenvalue weighted by Gasteiger charge is 2.18. The number of aryl methyl sites for hydroxylation is 2. The molecule has 0 spiro atoms. The van der Waals surface area contributed by atoms with Gasteiger partial charge in [-0.2, -0.15) is 0 Å². The van der Waals surface area contributed by atoms with Crippen LogP contribution in [-0.4, -0.2) is 30.0 Å². The van der Waals surface area contributed by atoms with Crippen molar-refractivity contribution in [2.24, 2.45) is 0 Å². The van der Waals surface area contributed by atoms with Crippen molar-refractivity contribution in [3.05, 3.63) is 62.9 Å². The average Bonchev–Trinajstić information content (AvgIpc) is 2.55. The van der Waals surface area contributed by atoms with Crippen LogP contribution in [0, 0.1) is 13.8 Å². The number of benzene rings is 1. The quantitative estimate of drug-likeness (QED) is 0.854. The van der Waals surface area contributed by atoms with Gasteiger partial charge in [0.05, 0.1) is 0 Å². The lowest BCUT2D eigenvalue weighted by atomic mass is 9.85. The number of hydrogen-bond acceptors (Lipinski definition) is 2. The maximum atomic E-state index is 12.9. The van der Waals surface area contributed by atoms with Crippen molar-refractivity contribution >= 4 is 5.57 Å². The van der Waals surface area contributed by atoms with Gasteiger partial charge in [0.15, 0.2) is 5.43 Å². The number of hydrogen-bond donors (Lipinski definition) is 1. The molecule has 2 heterocycles. The van der Waals surface area contributed by atoms with E-state index in [4.69, 9.17) is 0 Å². The zero-order valence-corrected chi connectivity index (χ0v) is 16.9. The van der Waals surface area contributed by atoms with Crippen molar-refractivity contribution in [1.82, 2.24) is 9.88 Å². The van der Waals surface area contributed by atoms with Crippen LogP contribution in [0.25, 0.3) is 16.8 Å². The lowest BCUT2D eigenvalue weighted by Crippen LogP contribution is -2.25. The van der Waals surface area contributed by atoms with Crippen LogP contribution in [0.4, 0.5) is 0 Å². The number of nitrogens with one attached hydrogen (secondary N) is 1. The van der Waals surface area contributed by atoms with E-state index in [-0.39, 0.29) is 10.8 Å². The summed E-state index contributed by atoms with van der Waals surface area (Å²) in [6.07, 6.45) is 3.11. The number of pyridine rings is 1. The first-order valence-electron chi connectivity index (χ1n) is 9.40. The highest BCUT2D eigenvalue weighted by Crippen LogP contribution is 2.29. The molecular formula is C23H30N2O. The molecule has 3 heteroatoms.